The van der Waals surface area contributed by atoms with Crippen molar-refractivity contribution in [2.45, 2.75) is 20.3 Å². The lowest BCUT2D eigenvalue weighted by atomic mass is 10.1. The van der Waals surface area contributed by atoms with Gasteiger partial charge in [-0.15, -0.1) is 0 Å². The number of nitrogens with one attached hydrogen (secondary N) is 1. The first-order valence-corrected chi connectivity index (χ1v) is 5.93. The Labute approximate surface area is 102 Å². The van der Waals surface area contributed by atoms with Gasteiger partial charge in [-0.2, -0.15) is 0 Å². The molecule has 0 saturated heterocycles. The van der Waals surface area contributed by atoms with E-state index >= 15 is 0 Å². The molecule has 0 atom stereocenters. The van der Waals surface area contributed by atoms with Gasteiger partial charge in [-0.05, 0) is 19.4 Å². The van der Waals surface area contributed by atoms with E-state index in [1.807, 2.05) is 18.2 Å². The van der Waals surface area contributed by atoms with E-state index in [0.29, 0.717) is 0 Å². The highest BCUT2D eigenvalue weighted by Gasteiger charge is 2.01. The summed E-state index contributed by atoms with van der Waals surface area (Å²) in [4.78, 5) is 8.78. The van der Waals surface area contributed by atoms with Crippen LogP contribution in [0.5, 0.6) is 0 Å². The Bertz CT molecular complexity index is 477. The summed E-state index contributed by atoms with van der Waals surface area (Å²) in [6, 6.07) is 10.1. The summed E-state index contributed by atoms with van der Waals surface area (Å²) in [5.41, 5.74) is 2.30. The number of hydrogen-bond donors (Lipinski definition) is 1. The van der Waals surface area contributed by atoms with E-state index in [4.69, 9.17) is 0 Å². The van der Waals surface area contributed by atoms with Crippen LogP contribution < -0.4 is 5.32 Å². The van der Waals surface area contributed by atoms with Gasteiger partial charge in [0.05, 0.1) is 0 Å². The zero-order valence-electron chi connectivity index (χ0n) is 10.3. The van der Waals surface area contributed by atoms with Crippen LogP contribution in [0.2, 0.25) is 0 Å². The summed E-state index contributed by atoms with van der Waals surface area (Å²) in [6.45, 7) is 5.14. The second-order valence-corrected chi connectivity index (χ2v) is 4.06. The lowest BCUT2D eigenvalue weighted by molar-refractivity contribution is 0.966. The van der Waals surface area contributed by atoms with Crippen LogP contribution in [0.25, 0.3) is 11.4 Å². The van der Waals surface area contributed by atoms with Crippen molar-refractivity contribution in [1.29, 1.82) is 0 Å². The number of anilines is 1. The molecule has 0 bridgehead atoms. The maximum atomic E-state index is 4.49. The van der Waals surface area contributed by atoms with Crippen molar-refractivity contribution >= 4 is 5.82 Å². The fourth-order valence-electron chi connectivity index (χ4n) is 1.55. The fourth-order valence-corrected chi connectivity index (χ4v) is 1.55. The summed E-state index contributed by atoms with van der Waals surface area (Å²) < 4.78 is 0. The maximum Gasteiger partial charge on any atom is 0.161 e. The number of hydrogen-bond acceptors (Lipinski definition) is 3. The van der Waals surface area contributed by atoms with Crippen LogP contribution in [0, 0.1) is 6.92 Å². The Morgan fingerprint density at radius 3 is 2.59 bits per heavy atom. The molecule has 0 spiro atoms. The summed E-state index contributed by atoms with van der Waals surface area (Å²) in [5, 5.41) is 3.26. The van der Waals surface area contributed by atoms with Crippen LogP contribution in [0.3, 0.4) is 0 Å². The molecule has 0 fully saturated rings. The van der Waals surface area contributed by atoms with Gasteiger partial charge < -0.3 is 5.32 Å². The zero-order chi connectivity index (χ0) is 12.1. The molecule has 0 aliphatic heterocycles. The molecule has 88 valence electrons. The van der Waals surface area contributed by atoms with Gasteiger partial charge in [0.1, 0.15) is 5.82 Å². The molecule has 0 aliphatic rings. The molecule has 3 heteroatoms. The Hall–Kier alpha value is -1.90. The standard InChI is InChI=1S/C14H17N3/c1-3-9-15-13-8-10-16-14(17-13)12-6-4-11(2)5-7-12/h4-8,10H,3,9H2,1-2H3,(H,15,16,17). The summed E-state index contributed by atoms with van der Waals surface area (Å²) in [5.74, 6) is 1.66. The van der Waals surface area contributed by atoms with E-state index in [2.05, 4.69) is 41.3 Å². The van der Waals surface area contributed by atoms with Crippen molar-refractivity contribution in [2.24, 2.45) is 0 Å². The van der Waals surface area contributed by atoms with Gasteiger partial charge in [0, 0.05) is 18.3 Å². The van der Waals surface area contributed by atoms with Crippen molar-refractivity contribution in [2.75, 3.05) is 11.9 Å². The van der Waals surface area contributed by atoms with Crippen molar-refractivity contribution in [3.05, 3.63) is 42.1 Å². The second kappa shape index (κ2) is 5.43. The molecular formula is C14H17N3. The van der Waals surface area contributed by atoms with Gasteiger partial charge in [-0.3, -0.25) is 0 Å². The van der Waals surface area contributed by atoms with Gasteiger partial charge in [0.2, 0.25) is 0 Å². The molecule has 1 heterocycles. The van der Waals surface area contributed by atoms with Gasteiger partial charge in [0.25, 0.3) is 0 Å². The SMILES string of the molecule is CCCNc1ccnc(-c2ccc(C)cc2)n1. The Morgan fingerprint density at radius 2 is 1.88 bits per heavy atom. The molecule has 1 aromatic heterocycles. The molecule has 3 nitrogen and oxygen atoms in total. The molecule has 2 rings (SSSR count). The molecule has 0 radical (unpaired) electrons. The van der Waals surface area contributed by atoms with E-state index in [1.165, 1.54) is 5.56 Å². The minimum Gasteiger partial charge on any atom is -0.370 e. The van der Waals surface area contributed by atoms with Crippen LogP contribution in [0.1, 0.15) is 18.9 Å². The normalized spacial score (nSPS) is 10.2. The summed E-state index contributed by atoms with van der Waals surface area (Å²) >= 11 is 0. The summed E-state index contributed by atoms with van der Waals surface area (Å²) in [6.07, 6.45) is 2.88. The highest BCUT2D eigenvalue weighted by atomic mass is 15.0. The molecule has 0 aliphatic carbocycles. The third-order valence-electron chi connectivity index (χ3n) is 2.52. The van der Waals surface area contributed by atoms with Gasteiger partial charge in [0.15, 0.2) is 5.82 Å². The second-order valence-electron chi connectivity index (χ2n) is 4.06. The van der Waals surface area contributed by atoms with Crippen LogP contribution in [-0.2, 0) is 0 Å². The van der Waals surface area contributed by atoms with Crippen molar-refractivity contribution in [1.82, 2.24) is 9.97 Å². The number of rotatable bonds is 4. The number of aromatic nitrogens is 2. The van der Waals surface area contributed by atoms with E-state index in [-0.39, 0.29) is 0 Å². The Morgan fingerprint density at radius 1 is 1.12 bits per heavy atom. The molecule has 17 heavy (non-hydrogen) atoms. The zero-order valence-corrected chi connectivity index (χ0v) is 10.3. The van der Waals surface area contributed by atoms with Crippen molar-refractivity contribution < 1.29 is 0 Å². The van der Waals surface area contributed by atoms with Gasteiger partial charge >= 0.3 is 0 Å². The average molecular weight is 227 g/mol. The molecule has 1 aromatic carbocycles. The van der Waals surface area contributed by atoms with E-state index in [0.717, 1.165) is 30.2 Å². The average Bonchev–Trinajstić information content (AvgIpc) is 2.37. The van der Waals surface area contributed by atoms with E-state index in [1.54, 1.807) is 6.20 Å². The monoisotopic (exact) mass is 227 g/mol. The molecular weight excluding hydrogens is 210 g/mol. The quantitative estimate of drug-likeness (QED) is 0.871. The first-order chi connectivity index (χ1) is 8.29. The first-order valence-electron chi connectivity index (χ1n) is 5.93. The Kier molecular flexibility index (Phi) is 3.70. The predicted molar refractivity (Wildman–Crippen MR) is 71.0 cm³/mol. The fraction of sp³-hybridized carbons (Fsp3) is 0.286. The van der Waals surface area contributed by atoms with Crippen molar-refractivity contribution in [3.63, 3.8) is 0 Å². The van der Waals surface area contributed by atoms with Crippen LogP contribution in [0.15, 0.2) is 36.5 Å². The largest absolute Gasteiger partial charge is 0.370 e. The van der Waals surface area contributed by atoms with Crippen molar-refractivity contribution in [3.8, 4) is 11.4 Å². The van der Waals surface area contributed by atoms with Gasteiger partial charge in [-0.25, -0.2) is 9.97 Å². The minimum atomic E-state index is 0.770. The number of benzene rings is 1. The van der Waals surface area contributed by atoms with E-state index in [9.17, 15) is 0 Å². The third kappa shape index (κ3) is 3.03. The summed E-state index contributed by atoms with van der Waals surface area (Å²) in [7, 11) is 0. The predicted octanol–water partition coefficient (Wildman–Crippen LogP) is 3.27. The molecule has 0 amide bonds. The highest BCUT2D eigenvalue weighted by Crippen LogP contribution is 2.16. The Balaban J connectivity index is 2.23. The van der Waals surface area contributed by atoms with Gasteiger partial charge in [-0.1, -0.05) is 36.8 Å². The molecule has 2 aromatic rings. The minimum absolute atomic E-state index is 0.770. The van der Waals surface area contributed by atoms with Crippen LogP contribution in [-0.4, -0.2) is 16.5 Å². The van der Waals surface area contributed by atoms with Crippen LogP contribution >= 0.6 is 0 Å². The third-order valence-corrected chi connectivity index (χ3v) is 2.52. The molecule has 0 unspecified atom stereocenters. The highest BCUT2D eigenvalue weighted by molar-refractivity contribution is 5.57. The molecule has 0 saturated carbocycles. The smallest absolute Gasteiger partial charge is 0.161 e. The lowest BCUT2D eigenvalue weighted by Crippen LogP contribution is -2.02. The number of nitrogens with zero attached hydrogens (tertiary/aromatic N) is 2. The maximum absolute atomic E-state index is 4.49. The number of aryl methyl sites for hydroxylation is 1. The first kappa shape index (κ1) is 11.6. The van der Waals surface area contributed by atoms with Crippen LogP contribution in [0.4, 0.5) is 5.82 Å². The molecule has 1 N–H and O–H groups in total. The topological polar surface area (TPSA) is 37.8 Å². The lowest BCUT2D eigenvalue weighted by Gasteiger charge is -2.05. The van der Waals surface area contributed by atoms with E-state index < -0.39 is 0 Å².